The number of hydrogen-bond acceptors (Lipinski definition) is 2. The lowest BCUT2D eigenvalue weighted by Gasteiger charge is -2.17. The molecule has 0 spiro atoms. The summed E-state index contributed by atoms with van der Waals surface area (Å²) in [4.78, 5) is 0. The van der Waals surface area contributed by atoms with Crippen molar-refractivity contribution in [2.75, 3.05) is 5.32 Å². The van der Waals surface area contributed by atoms with E-state index in [1.807, 2.05) is 31.2 Å². The van der Waals surface area contributed by atoms with Gasteiger partial charge in [0.25, 0.3) is 0 Å². The third-order valence-corrected chi connectivity index (χ3v) is 3.41. The van der Waals surface area contributed by atoms with E-state index in [-0.39, 0.29) is 18.5 Å². The van der Waals surface area contributed by atoms with Crippen molar-refractivity contribution >= 4 is 21.6 Å². The van der Waals surface area contributed by atoms with Gasteiger partial charge in [0, 0.05) is 15.7 Å². The quantitative estimate of drug-likeness (QED) is 0.881. The van der Waals surface area contributed by atoms with Crippen molar-refractivity contribution < 1.29 is 9.50 Å². The van der Waals surface area contributed by atoms with Crippen LogP contribution in [-0.4, -0.2) is 5.11 Å². The number of hydrogen-bond donors (Lipinski definition) is 2. The first-order valence-corrected chi connectivity index (χ1v) is 6.80. The fourth-order valence-corrected chi connectivity index (χ4v) is 2.31. The molecule has 2 nitrogen and oxygen atoms in total. The fraction of sp³-hybridized carbons (Fsp3) is 0.200. The second-order valence-corrected chi connectivity index (χ2v) is 5.31. The largest absolute Gasteiger partial charge is 0.392 e. The smallest absolute Gasteiger partial charge is 0.128 e. The van der Waals surface area contributed by atoms with E-state index in [2.05, 4.69) is 21.2 Å². The minimum Gasteiger partial charge on any atom is -0.392 e. The number of aliphatic hydroxyl groups excluding tert-OH is 1. The lowest BCUT2D eigenvalue weighted by molar-refractivity contribution is 0.282. The molecule has 1 atom stereocenters. The average molecular weight is 324 g/mol. The van der Waals surface area contributed by atoms with Crippen LogP contribution in [0.15, 0.2) is 46.9 Å². The van der Waals surface area contributed by atoms with E-state index in [0.29, 0.717) is 5.56 Å². The Labute approximate surface area is 120 Å². The van der Waals surface area contributed by atoms with E-state index < -0.39 is 0 Å². The number of rotatable bonds is 4. The summed E-state index contributed by atoms with van der Waals surface area (Å²) in [5.41, 5.74) is 2.29. The van der Waals surface area contributed by atoms with Gasteiger partial charge in [0.1, 0.15) is 5.82 Å². The zero-order valence-electron chi connectivity index (χ0n) is 10.5. The zero-order valence-corrected chi connectivity index (χ0v) is 12.1. The maximum absolute atomic E-state index is 13.8. The Bertz CT molecular complexity index is 574. The normalized spacial score (nSPS) is 12.2. The van der Waals surface area contributed by atoms with Crippen LogP contribution in [0.4, 0.5) is 10.1 Å². The molecule has 0 radical (unpaired) electrons. The van der Waals surface area contributed by atoms with Gasteiger partial charge in [0.15, 0.2) is 0 Å². The fourth-order valence-electron chi connectivity index (χ4n) is 1.93. The molecule has 0 saturated heterocycles. The molecule has 0 aliphatic rings. The second-order valence-electron chi connectivity index (χ2n) is 4.39. The van der Waals surface area contributed by atoms with Crippen LogP contribution in [0, 0.1) is 5.82 Å². The van der Waals surface area contributed by atoms with Gasteiger partial charge in [-0.1, -0.05) is 28.1 Å². The Kier molecular flexibility index (Phi) is 4.56. The van der Waals surface area contributed by atoms with E-state index >= 15 is 0 Å². The molecule has 19 heavy (non-hydrogen) atoms. The highest BCUT2D eigenvalue weighted by molar-refractivity contribution is 9.10. The molecule has 0 amide bonds. The molecular weight excluding hydrogens is 309 g/mol. The van der Waals surface area contributed by atoms with Crippen LogP contribution in [0.25, 0.3) is 0 Å². The van der Waals surface area contributed by atoms with Gasteiger partial charge in [-0.05, 0) is 42.8 Å². The molecule has 100 valence electrons. The molecule has 0 aliphatic carbocycles. The van der Waals surface area contributed by atoms with Crippen molar-refractivity contribution in [2.45, 2.75) is 19.6 Å². The van der Waals surface area contributed by atoms with Crippen molar-refractivity contribution in [3.05, 3.63) is 63.9 Å². The van der Waals surface area contributed by atoms with Gasteiger partial charge in [0.05, 0.1) is 12.6 Å². The monoisotopic (exact) mass is 323 g/mol. The summed E-state index contributed by atoms with van der Waals surface area (Å²) in [6.07, 6.45) is 0. The van der Waals surface area contributed by atoms with Gasteiger partial charge in [-0.2, -0.15) is 0 Å². The zero-order chi connectivity index (χ0) is 13.8. The number of aliphatic hydroxyl groups is 1. The maximum Gasteiger partial charge on any atom is 0.128 e. The van der Waals surface area contributed by atoms with Crippen molar-refractivity contribution in [3.8, 4) is 0 Å². The number of nitrogens with one attached hydrogen (secondary N) is 1. The molecule has 0 bridgehead atoms. The Morgan fingerprint density at radius 2 is 2.05 bits per heavy atom. The molecule has 2 aromatic rings. The summed E-state index contributed by atoms with van der Waals surface area (Å²) in [6, 6.07) is 12.2. The standard InChI is InChI=1S/C15H15BrFNO/c1-10(14-8-12(16)5-6-15(14)17)18-13-4-2-3-11(7-13)9-19/h2-8,10,18-19H,9H2,1H3. The summed E-state index contributed by atoms with van der Waals surface area (Å²) >= 11 is 3.35. The van der Waals surface area contributed by atoms with Gasteiger partial charge >= 0.3 is 0 Å². The van der Waals surface area contributed by atoms with Gasteiger partial charge in [0.2, 0.25) is 0 Å². The number of halogens is 2. The van der Waals surface area contributed by atoms with Gasteiger partial charge in [-0.25, -0.2) is 4.39 Å². The lowest BCUT2D eigenvalue weighted by Crippen LogP contribution is -2.08. The van der Waals surface area contributed by atoms with E-state index in [9.17, 15) is 4.39 Å². The minimum absolute atomic E-state index is 0.00481. The van der Waals surface area contributed by atoms with Gasteiger partial charge in [-0.15, -0.1) is 0 Å². The summed E-state index contributed by atoms with van der Waals surface area (Å²) in [5.74, 6) is -0.235. The highest BCUT2D eigenvalue weighted by Crippen LogP contribution is 2.25. The summed E-state index contributed by atoms with van der Waals surface area (Å²) < 4.78 is 14.6. The molecule has 0 saturated carbocycles. The predicted molar refractivity (Wildman–Crippen MR) is 78.5 cm³/mol. The molecule has 1 unspecified atom stereocenters. The molecule has 0 aliphatic heterocycles. The van der Waals surface area contributed by atoms with E-state index in [0.717, 1.165) is 15.7 Å². The van der Waals surface area contributed by atoms with E-state index in [1.54, 1.807) is 12.1 Å². The second kappa shape index (κ2) is 6.17. The average Bonchev–Trinajstić information content (AvgIpc) is 2.41. The van der Waals surface area contributed by atoms with Crippen LogP contribution in [0.5, 0.6) is 0 Å². The lowest BCUT2D eigenvalue weighted by atomic mass is 10.1. The van der Waals surface area contributed by atoms with Crippen LogP contribution >= 0.6 is 15.9 Å². The highest BCUT2D eigenvalue weighted by Gasteiger charge is 2.11. The minimum atomic E-state index is -0.235. The first kappa shape index (κ1) is 14.0. The SMILES string of the molecule is CC(Nc1cccc(CO)c1)c1cc(Br)ccc1F. The summed E-state index contributed by atoms with van der Waals surface area (Å²) in [5, 5.41) is 12.3. The third kappa shape index (κ3) is 3.55. The molecule has 0 aromatic heterocycles. The van der Waals surface area contributed by atoms with Crippen molar-refractivity contribution in [2.24, 2.45) is 0 Å². The number of anilines is 1. The topological polar surface area (TPSA) is 32.3 Å². The molecule has 2 rings (SSSR count). The van der Waals surface area contributed by atoms with Gasteiger partial charge < -0.3 is 10.4 Å². The number of benzene rings is 2. The van der Waals surface area contributed by atoms with Crippen LogP contribution in [0.3, 0.4) is 0 Å². The Morgan fingerprint density at radius 3 is 2.79 bits per heavy atom. The highest BCUT2D eigenvalue weighted by atomic mass is 79.9. The van der Waals surface area contributed by atoms with Crippen LogP contribution in [0.1, 0.15) is 24.1 Å². The van der Waals surface area contributed by atoms with Crippen molar-refractivity contribution in [3.63, 3.8) is 0 Å². The van der Waals surface area contributed by atoms with Crippen LogP contribution < -0.4 is 5.32 Å². The molecule has 0 fully saturated rings. The Hall–Kier alpha value is -1.39. The van der Waals surface area contributed by atoms with E-state index in [4.69, 9.17) is 5.11 Å². The third-order valence-electron chi connectivity index (χ3n) is 2.92. The Morgan fingerprint density at radius 1 is 1.26 bits per heavy atom. The summed E-state index contributed by atoms with van der Waals surface area (Å²) in [7, 11) is 0. The molecular formula is C15H15BrFNO. The van der Waals surface area contributed by atoms with Crippen LogP contribution in [-0.2, 0) is 6.61 Å². The summed E-state index contributed by atoms with van der Waals surface area (Å²) in [6.45, 7) is 1.89. The first-order valence-electron chi connectivity index (χ1n) is 6.01. The van der Waals surface area contributed by atoms with Crippen molar-refractivity contribution in [1.82, 2.24) is 0 Å². The van der Waals surface area contributed by atoms with Crippen molar-refractivity contribution in [1.29, 1.82) is 0 Å². The molecule has 0 heterocycles. The molecule has 2 N–H and O–H groups in total. The van der Waals surface area contributed by atoms with Crippen LogP contribution in [0.2, 0.25) is 0 Å². The first-order chi connectivity index (χ1) is 9.10. The Balaban J connectivity index is 2.20. The molecule has 4 heteroatoms. The molecule has 2 aromatic carbocycles. The van der Waals surface area contributed by atoms with E-state index in [1.165, 1.54) is 6.07 Å². The predicted octanol–water partition coefficient (Wildman–Crippen LogP) is 4.25. The van der Waals surface area contributed by atoms with Gasteiger partial charge in [-0.3, -0.25) is 0 Å². The maximum atomic E-state index is 13.8.